The van der Waals surface area contributed by atoms with Gasteiger partial charge in [0.05, 0.1) is 17.1 Å². The molecule has 2 aromatic rings. The number of nitrogens with one attached hydrogen (secondary N) is 1. The number of fused-ring (bicyclic) bond motifs is 1. The van der Waals surface area contributed by atoms with Gasteiger partial charge < -0.3 is 9.88 Å². The van der Waals surface area contributed by atoms with Gasteiger partial charge in [-0.3, -0.25) is 4.79 Å². The molecule has 0 saturated carbocycles. The van der Waals surface area contributed by atoms with Crippen LogP contribution in [0.5, 0.6) is 0 Å². The number of nitrogens with zero attached hydrogens (tertiary/aromatic N) is 2. The quantitative estimate of drug-likeness (QED) is 0.160. The fourth-order valence-corrected chi connectivity index (χ4v) is 5.53. The second kappa shape index (κ2) is 19.3. The Morgan fingerprint density at radius 1 is 0.757 bits per heavy atom. The summed E-state index contributed by atoms with van der Waals surface area (Å²) in [4.78, 5) is 17.6. The summed E-state index contributed by atoms with van der Waals surface area (Å²) in [6.45, 7) is 9.51. The summed E-state index contributed by atoms with van der Waals surface area (Å²) in [5.74, 6) is 1.22. The summed E-state index contributed by atoms with van der Waals surface area (Å²) in [5, 5.41) is 3.23. The predicted molar refractivity (Wildman–Crippen MR) is 160 cm³/mol. The zero-order valence-corrected chi connectivity index (χ0v) is 24.7. The van der Waals surface area contributed by atoms with Crippen LogP contribution in [0.3, 0.4) is 0 Å². The summed E-state index contributed by atoms with van der Waals surface area (Å²) in [7, 11) is 0. The van der Waals surface area contributed by atoms with Gasteiger partial charge >= 0.3 is 0 Å². The van der Waals surface area contributed by atoms with Gasteiger partial charge in [0.1, 0.15) is 5.82 Å². The third-order valence-corrected chi connectivity index (χ3v) is 8.02. The first kappa shape index (κ1) is 31.4. The molecule has 0 aliphatic carbocycles. The lowest BCUT2D eigenvalue weighted by Crippen LogP contribution is -2.33. The Balaban J connectivity index is 1.65. The molecule has 37 heavy (non-hydrogen) atoms. The second-order valence-electron chi connectivity index (χ2n) is 11.2. The molecule has 0 bridgehead atoms. The summed E-state index contributed by atoms with van der Waals surface area (Å²) < 4.78 is 2.34. The van der Waals surface area contributed by atoms with Crippen LogP contribution in [0.1, 0.15) is 155 Å². The maximum Gasteiger partial charge on any atom is 0.223 e. The number of amides is 1. The molecule has 1 N–H and O–H groups in total. The molecule has 0 radical (unpaired) electrons. The van der Waals surface area contributed by atoms with Crippen LogP contribution >= 0.6 is 0 Å². The standard InChI is InChI=1S/C33H57N3O/c1-5-8-9-10-11-12-13-14-15-16-17-18-19-20-21-24-27-36-31-26-23-22-25-30(31)35-32(36)28(4)34-33(37)29(6-2)7-3/h22-23,25-26,28-29H,5-21,24,27H2,1-4H3,(H,34,37). The average Bonchev–Trinajstić information content (AvgIpc) is 3.28. The SMILES string of the molecule is CCCCCCCCCCCCCCCCCCn1c(C(C)NC(=O)C(CC)CC)nc2ccccc21. The molecule has 4 nitrogen and oxygen atoms in total. The molecule has 1 heterocycles. The minimum Gasteiger partial charge on any atom is -0.346 e. The molecular formula is C33H57N3O. The molecule has 0 aliphatic rings. The molecule has 1 amide bonds. The lowest BCUT2D eigenvalue weighted by Gasteiger charge is -2.19. The van der Waals surface area contributed by atoms with E-state index in [0.29, 0.717) is 0 Å². The molecule has 0 saturated heterocycles. The zero-order chi connectivity index (χ0) is 26.7. The van der Waals surface area contributed by atoms with Gasteiger partial charge in [0, 0.05) is 12.5 Å². The van der Waals surface area contributed by atoms with E-state index >= 15 is 0 Å². The zero-order valence-electron chi connectivity index (χ0n) is 24.7. The molecule has 0 spiro atoms. The Morgan fingerprint density at radius 3 is 1.76 bits per heavy atom. The van der Waals surface area contributed by atoms with E-state index in [9.17, 15) is 4.79 Å². The first-order chi connectivity index (χ1) is 18.1. The molecule has 1 atom stereocenters. The average molecular weight is 512 g/mol. The van der Waals surface area contributed by atoms with E-state index in [-0.39, 0.29) is 17.9 Å². The van der Waals surface area contributed by atoms with Crippen LogP contribution in [0.4, 0.5) is 0 Å². The van der Waals surface area contributed by atoms with Crippen molar-refractivity contribution in [3.8, 4) is 0 Å². The molecular weight excluding hydrogens is 454 g/mol. The van der Waals surface area contributed by atoms with Crippen LogP contribution in [0, 0.1) is 5.92 Å². The lowest BCUT2D eigenvalue weighted by atomic mass is 10.0. The predicted octanol–water partition coefficient (Wildman–Crippen LogP) is 9.91. The van der Waals surface area contributed by atoms with Crippen molar-refractivity contribution in [2.75, 3.05) is 0 Å². The van der Waals surface area contributed by atoms with Crippen molar-refractivity contribution >= 4 is 16.9 Å². The molecule has 1 unspecified atom stereocenters. The van der Waals surface area contributed by atoms with Crippen LogP contribution in [0.15, 0.2) is 24.3 Å². The molecule has 0 fully saturated rings. The number of aromatic nitrogens is 2. The summed E-state index contributed by atoms with van der Waals surface area (Å²) in [6, 6.07) is 8.30. The van der Waals surface area contributed by atoms with Gasteiger partial charge in [0.25, 0.3) is 0 Å². The number of para-hydroxylation sites is 2. The van der Waals surface area contributed by atoms with Gasteiger partial charge in [-0.1, -0.05) is 129 Å². The second-order valence-corrected chi connectivity index (χ2v) is 11.2. The lowest BCUT2D eigenvalue weighted by molar-refractivity contribution is -0.125. The number of imidazole rings is 1. The highest BCUT2D eigenvalue weighted by molar-refractivity contribution is 5.79. The first-order valence-electron chi connectivity index (χ1n) is 15.9. The minimum absolute atomic E-state index is 0.0819. The summed E-state index contributed by atoms with van der Waals surface area (Å²) >= 11 is 0. The van der Waals surface area contributed by atoms with Gasteiger partial charge in [-0.2, -0.15) is 0 Å². The van der Waals surface area contributed by atoms with E-state index in [0.717, 1.165) is 30.7 Å². The number of benzene rings is 1. The number of hydrogen-bond acceptors (Lipinski definition) is 2. The minimum atomic E-state index is -0.0819. The largest absolute Gasteiger partial charge is 0.346 e. The van der Waals surface area contributed by atoms with E-state index in [4.69, 9.17) is 4.98 Å². The molecule has 0 aliphatic heterocycles. The first-order valence-corrected chi connectivity index (χ1v) is 15.9. The Morgan fingerprint density at radius 2 is 1.24 bits per heavy atom. The highest BCUT2D eigenvalue weighted by Crippen LogP contribution is 2.23. The van der Waals surface area contributed by atoms with Crippen LogP contribution in [0.2, 0.25) is 0 Å². The van der Waals surface area contributed by atoms with Gasteiger partial charge in [-0.25, -0.2) is 4.98 Å². The Kier molecular flexibility index (Phi) is 16.3. The van der Waals surface area contributed by atoms with Crippen molar-refractivity contribution in [3.63, 3.8) is 0 Å². The number of unbranched alkanes of at least 4 members (excludes halogenated alkanes) is 15. The van der Waals surface area contributed by atoms with E-state index in [1.807, 2.05) is 6.07 Å². The Bertz CT molecular complexity index is 854. The Labute approximate surface area is 228 Å². The normalized spacial score (nSPS) is 12.5. The molecule has 4 heteroatoms. The number of carbonyl (C=O) groups excluding carboxylic acids is 1. The fraction of sp³-hybridized carbons (Fsp3) is 0.758. The van der Waals surface area contributed by atoms with Crippen LogP contribution in [-0.4, -0.2) is 15.5 Å². The maximum absolute atomic E-state index is 12.7. The molecule has 210 valence electrons. The molecule has 1 aromatic carbocycles. The van der Waals surface area contributed by atoms with Crippen molar-refractivity contribution in [3.05, 3.63) is 30.1 Å². The van der Waals surface area contributed by atoms with Gasteiger partial charge in [0.2, 0.25) is 5.91 Å². The number of rotatable bonds is 22. The number of carbonyl (C=O) groups is 1. The molecule has 2 rings (SSSR count). The topological polar surface area (TPSA) is 46.9 Å². The van der Waals surface area contributed by atoms with Crippen LogP contribution in [0.25, 0.3) is 11.0 Å². The van der Waals surface area contributed by atoms with E-state index < -0.39 is 0 Å². The van der Waals surface area contributed by atoms with Crippen molar-refractivity contribution in [1.29, 1.82) is 0 Å². The highest BCUT2D eigenvalue weighted by atomic mass is 16.1. The summed E-state index contributed by atoms with van der Waals surface area (Å²) in [5.41, 5.74) is 2.21. The van der Waals surface area contributed by atoms with Crippen molar-refractivity contribution in [2.24, 2.45) is 5.92 Å². The van der Waals surface area contributed by atoms with Crippen LogP contribution < -0.4 is 5.32 Å². The Hall–Kier alpha value is -1.84. The fourth-order valence-electron chi connectivity index (χ4n) is 5.53. The van der Waals surface area contributed by atoms with Gasteiger partial charge in [-0.05, 0) is 38.3 Å². The smallest absolute Gasteiger partial charge is 0.223 e. The van der Waals surface area contributed by atoms with Crippen molar-refractivity contribution in [2.45, 2.75) is 156 Å². The maximum atomic E-state index is 12.7. The molecule has 1 aromatic heterocycles. The number of aryl methyl sites for hydroxylation is 1. The van der Waals surface area contributed by atoms with Gasteiger partial charge in [0.15, 0.2) is 0 Å². The third-order valence-electron chi connectivity index (χ3n) is 8.02. The van der Waals surface area contributed by atoms with Crippen molar-refractivity contribution in [1.82, 2.24) is 14.9 Å². The van der Waals surface area contributed by atoms with Crippen LogP contribution in [-0.2, 0) is 11.3 Å². The summed E-state index contributed by atoms with van der Waals surface area (Å²) in [6.07, 6.45) is 23.9. The highest BCUT2D eigenvalue weighted by Gasteiger charge is 2.21. The van der Waals surface area contributed by atoms with Gasteiger partial charge in [-0.15, -0.1) is 0 Å². The van der Waals surface area contributed by atoms with Crippen molar-refractivity contribution < 1.29 is 4.79 Å². The van der Waals surface area contributed by atoms with E-state index in [1.54, 1.807) is 0 Å². The number of hydrogen-bond donors (Lipinski definition) is 1. The monoisotopic (exact) mass is 511 g/mol. The van der Waals surface area contributed by atoms with E-state index in [1.165, 1.54) is 108 Å². The third kappa shape index (κ3) is 11.6. The van der Waals surface area contributed by atoms with E-state index in [2.05, 4.69) is 55.8 Å².